The Balaban J connectivity index is 1.88. The number of rotatable bonds is 6. The number of aromatic nitrogens is 3. The lowest BCUT2D eigenvalue weighted by Crippen LogP contribution is -2.15. The topological polar surface area (TPSA) is 73.0 Å². The van der Waals surface area contributed by atoms with Crippen molar-refractivity contribution in [3.63, 3.8) is 0 Å². The van der Waals surface area contributed by atoms with E-state index in [9.17, 15) is 13.6 Å². The molecule has 10 heteroatoms. The second kappa shape index (κ2) is 8.66. The molecule has 1 aromatic carbocycles. The number of aryl methyl sites for hydroxylation is 3. The molecule has 0 aliphatic carbocycles. The molecule has 0 bridgehead atoms. The first-order chi connectivity index (χ1) is 13.7. The summed E-state index contributed by atoms with van der Waals surface area (Å²) >= 11 is 3.25. The molecule has 3 aromatic rings. The van der Waals surface area contributed by atoms with Crippen LogP contribution in [0.2, 0.25) is 0 Å². The lowest BCUT2D eigenvalue weighted by atomic mass is 10.1. The number of amides is 1. The summed E-state index contributed by atoms with van der Waals surface area (Å²) < 4.78 is 33.9. The van der Waals surface area contributed by atoms with E-state index in [0.29, 0.717) is 41.2 Å². The third-order valence-electron chi connectivity index (χ3n) is 4.39. The molecule has 0 radical (unpaired) electrons. The number of alkyl halides is 3. The number of halogens is 4. The summed E-state index contributed by atoms with van der Waals surface area (Å²) in [6.45, 7) is 3.74. The second-order valence-corrected chi connectivity index (χ2v) is 11.4. The molecular formula is C19H18F2I2N4O2. The SMILES string of the molecule is CCc1noc(CC)c1C(=O)Nc1ccc(-c2cc(C(F)(I)I)nn2C)c(F)c1. The van der Waals surface area contributed by atoms with Crippen molar-refractivity contribution in [2.75, 3.05) is 5.32 Å². The van der Waals surface area contributed by atoms with Crippen LogP contribution in [-0.4, -0.2) is 20.8 Å². The predicted octanol–water partition coefficient (Wildman–Crippen LogP) is 5.54. The van der Waals surface area contributed by atoms with E-state index < -0.39 is 13.4 Å². The molecular weight excluding hydrogens is 608 g/mol. The fourth-order valence-corrected chi connectivity index (χ4v) is 3.48. The van der Waals surface area contributed by atoms with Gasteiger partial charge in [-0.15, -0.1) is 0 Å². The van der Waals surface area contributed by atoms with E-state index in [0.717, 1.165) is 0 Å². The molecule has 2 aromatic heterocycles. The van der Waals surface area contributed by atoms with Gasteiger partial charge in [0.05, 0.1) is 11.4 Å². The molecule has 0 fully saturated rings. The minimum atomic E-state index is -1.69. The quantitative estimate of drug-likeness (QED) is 0.288. The van der Waals surface area contributed by atoms with E-state index in [1.807, 2.05) is 13.8 Å². The predicted molar refractivity (Wildman–Crippen MR) is 123 cm³/mol. The Bertz CT molecular complexity index is 1040. The minimum Gasteiger partial charge on any atom is -0.360 e. The lowest BCUT2D eigenvalue weighted by molar-refractivity contribution is 0.102. The zero-order valence-corrected chi connectivity index (χ0v) is 20.2. The second-order valence-electron chi connectivity index (χ2n) is 6.32. The van der Waals surface area contributed by atoms with Crippen LogP contribution in [0.1, 0.15) is 41.4 Å². The van der Waals surface area contributed by atoms with E-state index in [1.165, 1.54) is 22.9 Å². The van der Waals surface area contributed by atoms with Gasteiger partial charge in [-0.05, 0) is 75.9 Å². The summed E-state index contributed by atoms with van der Waals surface area (Å²) in [5, 5.41) is 10.7. The Hall–Kier alpha value is -1.57. The summed E-state index contributed by atoms with van der Waals surface area (Å²) in [4.78, 5) is 12.7. The number of carbonyl (C=O) groups is 1. The van der Waals surface area contributed by atoms with Crippen molar-refractivity contribution in [1.29, 1.82) is 0 Å². The van der Waals surface area contributed by atoms with Crippen molar-refractivity contribution in [1.82, 2.24) is 14.9 Å². The van der Waals surface area contributed by atoms with E-state index in [-0.39, 0.29) is 11.3 Å². The summed E-state index contributed by atoms with van der Waals surface area (Å²) in [6.07, 6.45) is 1.07. The molecule has 0 unspecified atom stereocenters. The summed E-state index contributed by atoms with van der Waals surface area (Å²) in [7, 11) is 1.62. The molecule has 0 saturated carbocycles. The fourth-order valence-electron chi connectivity index (χ4n) is 2.95. The number of benzene rings is 1. The maximum Gasteiger partial charge on any atom is 0.261 e. The Morgan fingerprint density at radius 1 is 1.28 bits per heavy atom. The molecule has 1 amide bonds. The van der Waals surface area contributed by atoms with Gasteiger partial charge >= 0.3 is 0 Å². The molecule has 6 nitrogen and oxygen atoms in total. The van der Waals surface area contributed by atoms with E-state index in [1.54, 1.807) is 58.3 Å². The van der Waals surface area contributed by atoms with Crippen molar-refractivity contribution in [3.05, 3.63) is 52.8 Å². The molecule has 0 atom stereocenters. The minimum absolute atomic E-state index is 0.194. The maximum atomic E-state index is 14.8. The smallest absolute Gasteiger partial charge is 0.261 e. The zero-order valence-electron chi connectivity index (χ0n) is 15.9. The Labute approximate surface area is 193 Å². The van der Waals surface area contributed by atoms with E-state index >= 15 is 0 Å². The summed E-state index contributed by atoms with van der Waals surface area (Å²) in [5.74, 6) is -0.460. The number of carbonyl (C=O) groups excluding carboxylic acids is 1. The monoisotopic (exact) mass is 626 g/mol. The van der Waals surface area contributed by atoms with Crippen LogP contribution in [0.25, 0.3) is 11.3 Å². The van der Waals surface area contributed by atoms with Crippen molar-refractivity contribution in [3.8, 4) is 11.3 Å². The van der Waals surface area contributed by atoms with Crippen LogP contribution < -0.4 is 5.32 Å². The normalized spacial score (nSPS) is 11.7. The van der Waals surface area contributed by atoms with Crippen LogP contribution in [0.5, 0.6) is 0 Å². The fraction of sp³-hybridized carbons (Fsp3) is 0.316. The molecule has 2 heterocycles. The molecule has 154 valence electrons. The van der Waals surface area contributed by atoms with Gasteiger partial charge in [-0.2, -0.15) is 5.10 Å². The molecule has 29 heavy (non-hydrogen) atoms. The van der Waals surface area contributed by atoms with Crippen LogP contribution in [-0.2, 0) is 21.6 Å². The van der Waals surface area contributed by atoms with Gasteiger partial charge in [0.1, 0.15) is 22.8 Å². The number of anilines is 1. The highest BCUT2D eigenvalue weighted by molar-refractivity contribution is 14.2. The first kappa shape index (κ1) is 22.1. The highest BCUT2D eigenvalue weighted by Gasteiger charge is 2.29. The van der Waals surface area contributed by atoms with Gasteiger partial charge < -0.3 is 9.84 Å². The number of nitrogens with zero attached hydrogens (tertiary/aromatic N) is 3. The number of hydrogen-bond acceptors (Lipinski definition) is 4. The van der Waals surface area contributed by atoms with Gasteiger partial charge in [0.2, 0.25) is 0 Å². The van der Waals surface area contributed by atoms with Crippen LogP contribution >= 0.6 is 45.2 Å². The van der Waals surface area contributed by atoms with Gasteiger partial charge in [-0.3, -0.25) is 9.48 Å². The number of hydrogen-bond donors (Lipinski definition) is 1. The average Bonchev–Trinajstić information content (AvgIpc) is 3.25. The van der Waals surface area contributed by atoms with E-state index in [4.69, 9.17) is 4.52 Å². The molecule has 0 aliphatic rings. The number of nitrogens with one attached hydrogen (secondary N) is 1. The maximum absolute atomic E-state index is 14.8. The first-order valence-corrected chi connectivity index (χ1v) is 11.0. The highest BCUT2D eigenvalue weighted by Crippen LogP contribution is 2.41. The van der Waals surface area contributed by atoms with Gasteiger partial charge in [0, 0.05) is 24.7 Å². The molecule has 1 N–H and O–H groups in total. The van der Waals surface area contributed by atoms with Crippen LogP contribution in [0.3, 0.4) is 0 Å². The van der Waals surface area contributed by atoms with Gasteiger partial charge in [0.25, 0.3) is 7.59 Å². The Morgan fingerprint density at radius 2 is 2.00 bits per heavy atom. The standard InChI is InChI=1S/C19H18F2I2N4O2/c1-4-13-17(15(5-2)29-26-13)18(28)24-10-6-7-11(12(20)8-10)14-9-16(19(21,22)23)25-27(14)3/h6-9H,4-5H2,1-3H3,(H,24,28). The molecule has 0 spiro atoms. The zero-order chi connectivity index (χ0) is 21.3. The Kier molecular flexibility index (Phi) is 6.61. The van der Waals surface area contributed by atoms with Crippen LogP contribution in [0.4, 0.5) is 14.5 Å². The first-order valence-electron chi connectivity index (χ1n) is 8.85. The lowest BCUT2D eigenvalue weighted by Gasteiger charge is -2.09. The van der Waals surface area contributed by atoms with Crippen molar-refractivity contribution in [2.45, 2.75) is 28.4 Å². The molecule has 0 aliphatic heterocycles. The third kappa shape index (κ3) is 4.62. The van der Waals surface area contributed by atoms with Crippen LogP contribution in [0.15, 0.2) is 28.8 Å². The third-order valence-corrected chi connectivity index (χ3v) is 5.49. The Morgan fingerprint density at radius 3 is 2.55 bits per heavy atom. The highest BCUT2D eigenvalue weighted by atomic mass is 127. The average molecular weight is 626 g/mol. The van der Waals surface area contributed by atoms with Gasteiger partial charge in [-0.25, -0.2) is 8.78 Å². The van der Waals surface area contributed by atoms with Crippen LogP contribution in [0, 0.1) is 5.82 Å². The van der Waals surface area contributed by atoms with Crippen molar-refractivity contribution >= 4 is 56.8 Å². The van der Waals surface area contributed by atoms with Gasteiger partial charge in [0.15, 0.2) is 0 Å². The molecule has 3 rings (SSSR count). The molecule has 0 saturated heterocycles. The summed E-state index contributed by atoms with van der Waals surface area (Å²) in [6, 6.07) is 5.85. The summed E-state index contributed by atoms with van der Waals surface area (Å²) in [5.41, 5.74) is 2.14. The largest absolute Gasteiger partial charge is 0.360 e. The van der Waals surface area contributed by atoms with Crippen molar-refractivity contribution < 1.29 is 18.1 Å². The van der Waals surface area contributed by atoms with Crippen molar-refractivity contribution in [2.24, 2.45) is 7.05 Å². The van der Waals surface area contributed by atoms with Gasteiger partial charge in [-0.1, -0.05) is 19.0 Å². The van der Waals surface area contributed by atoms with E-state index in [2.05, 4.69) is 15.6 Å².